The second-order valence-electron chi connectivity index (χ2n) is 6.22. The van der Waals surface area contributed by atoms with E-state index in [2.05, 4.69) is 16.9 Å². The van der Waals surface area contributed by atoms with Crippen molar-refractivity contribution >= 4 is 27.5 Å². The normalized spacial score (nSPS) is 16.5. The van der Waals surface area contributed by atoms with Gasteiger partial charge in [0.2, 0.25) is 5.88 Å². The van der Waals surface area contributed by atoms with Crippen LogP contribution in [0, 0.1) is 17.2 Å². The number of hydrogen-bond donors (Lipinski definition) is 0. The average Bonchev–Trinajstić information content (AvgIpc) is 2.95. The summed E-state index contributed by atoms with van der Waals surface area (Å²) in [6, 6.07) is 2.03. The molecule has 1 atom stereocenters. The van der Waals surface area contributed by atoms with E-state index in [-0.39, 0.29) is 12.5 Å². The highest BCUT2D eigenvalue weighted by molar-refractivity contribution is 7.18. The Kier molecular flexibility index (Phi) is 4.95. The number of hydrogen-bond acceptors (Lipinski definition) is 6. The zero-order valence-electron chi connectivity index (χ0n) is 13.9. The van der Waals surface area contributed by atoms with Crippen molar-refractivity contribution in [3.05, 3.63) is 16.8 Å². The number of aromatic nitrogens is 2. The summed E-state index contributed by atoms with van der Waals surface area (Å²) in [5, 5.41) is 9.57. The van der Waals surface area contributed by atoms with E-state index < -0.39 is 0 Å². The van der Waals surface area contributed by atoms with Crippen molar-refractivity contribution in [2.75, 3.05) is 20.2 Å². The average molecular weight is 344 g/mol. The molecule has 3 rings (SSSR count). The van der Waals surface area contributed by atoms with Gasteiger partial charge in [-0.25, -0.2) is 9.97 Å². The molecule has 2 heterocycles. The van der Waals surface area contributed by atoms with Gasteiger partial charge in [0.1, 0.15) is 11.2 Å². The third kappa shape index (κ3) is 3.34. The first kappa shape index (κ1) is 16.7. The summed E-state index contributed by atoms with van der Waals surface area (Å²) in [5.41, 5.74) is 1.29. The van der Waals surface area contributed by atoms with Crippen LogP contribution in [0.4, 0.5) is 0 Å². The van der Waals surface area contributed by atoms with Gasteiger partial charge < -0.3 is 9.64 Å². The van der Waals surface area contributed by atoms with Crippen molar-refractivity contribution in [3.63, 3.8) is 0 Å². The molecule has 7 heteroatoms. The maximum atomic E-state index is 12.1. The Balaban J connectivity index is 1.78. The van der Waals surface area contributed by atoms with Crippen molar-refractivity contribution in [3.8, 4) is 11.9 Å². The maximum Gasteiger partial charge on any atom is 0.260 e. The number of rotatable bonds is 5. The topological polar surface area (TPSA) is 79.1 Å². The molecule has 2 aromatic heterocycles. The number of carbonyl (C=O) groups is 1. The van der Waals surface area contributed by atoms with E-state index in [1.807, 2.05) is 6.07 Å². The van der Waals surface area contributed by atoms with Crippen LogP contribution in [0.5, 0.6) is 5.88 Å². The Hall–Kier alpha value is -2.20. The minimum Gasteiger partial charge on any atom is -0.467 e. The predicted molar refractivity (Wildman–Crippen MR) is 92.0 cm³/mol. The summed E-state index contributed by atoms with van der Waals surface area (Å²) in [7, 11) is 1.67. The van der Waals surface area contributed by atoms with Crippen LogP contribution >= 0.6 is 11.3 Å². The molecule has 24 heavy (non-hydrogen) atoms. The van der Waals surface area contributed by atoms with Crippen molar-refractivity contribution in [1.82, 2.24) is 14.9 Å². The van der Waals surface area contributed by atoms with Gasteiger partial charge >= 0.3 is 0 Å². The molecular weight excluding hydrogens is 324 g/mol. The molecule has 0 saturated carbocycles. The fourth-order valence-electron chi connectivity index (χ4n) is 2.94. The molecule has 2 aromatic rings. The molecule has 6 nitrogen and oxygen atoms in total. The van der Waals surface area contributed by atoms with Crippen LogP contribution < -0.4 is 4.74 Å². The summed E-state index contributed by atoms with van der Waals surface area (Å²) in [6.45, 7) is 2.60. The number of nitriles is 1. The van der Waals surface area contributed by atoms with E-state index in [9.17, 15) is 4.79 Å². The quantitative estimate of drug-likeness (QED) is 0.833. The van der Waals surface area contributed by atoms with Gasteiger partial charge in [0.05, 0.1) is 17.9 Å². The largest absolute Gasteiger partial charge is 0.467 e. The summed E-state index contributed by atoms with van der Waals surface area (Å²) in [4.78, 5) is 24.5. The highest BCUT2D eigenvalue weighted by Gasteiger charge is 2.24. The highest BCUT2D eigenvalue weighted by Crippen LogP contribution is 2.40. The summed E-state index contributed by atoms with van der Waals surface area (Å²) in [6.07, 6.45) is 5.05. The summed E-state index contributed by atoms with van der Waals surface area (Å²) >= 11 is 1.71. The van der Waals surface area contributed by atoms with Crippen LogP contribution in [0.25, 0.3) is 10.2 Å². The van der Waals surface area contributed by atoms with E-state index in [0.717, 1.165) is 29.5 Å². The van der Waals surface area contributed by atoms with Crippen LogP contribution in [0.15, 0.2) is 6.33 Å². The number of thiophene rings is 1. The van der Waals surface area contributed by atoms with E-state index in [1.165, 1.54) is 21.7 Å². The van der Waals surface area contributed by atoms with Crippen LogP contribution in [0.1, 0.15) is 30.2 Å². The molecule has 1 amide bonds. The molecule has 0 saturated heterocycles. The van der Waals surface area contributed by atoms with Crippen molar-refractivity contribution in [2.24, 2.45) is 5.92 Å². The SMILES string of the molecule is C[C@H]1CCc2c(sc3ncnc(OCC(=O)N(C)CCC#N)c23)C1. The van der Waals surface area contributed by atoms with Crippen LogP contribution in [0.3, 0.4) is 0 Å². The minimum atomic E-state index is -0.158. The van der Waals surface area contributed by atoms with Gasteiger partial charge in [-0.15, -0.1) is 11.3 Å². The molecule has 0 fully saturated rings. The molecule has 0 radical (unpaired) electrons. The lowest BCUT2D eigenvalue weighted by atomic mass is 9.89. The van der Waals surface area contributed by atoms with Crippen LogP contribution in [-0.2, 0) is 17.6 Å². The lowest BCUT2D eigenvalue weighted by Crippen LogP contribution is -2.32. The van der Waals surface area contributed by atoms with Gasteiger partial charge in [0, 0.05) is 18.5 Å². The summed E-state index contributed by atoms with van der Waals surface area (Å²) in [5.74, 6) is 1.03. The Morgan fingerprint density at radius 1 is 1.54 bits per heavy atom. The van der Waals surface area contributed by atoms with Crippen molar-refractivity contribution < 1.29 is 9.53 Å². The first-order chi connectivity index (χ1) is 11.6. The third-order valence-corrected chi connectivity index (χ3v) is 5.54. The number of amides is 1. The van der Waals surface area contributed by atoms with E-state index in [0.29, 0.717) is 24.8 Å². The van der Waals surface area contributed by atoms with Crippen LogP contribution in [-0.4, -0.2) is 41.0 Å². The molecule has 0 bridgehead atoms. The Morgan fingerprint density at radius 3 is 3.17 bits per heavy atom. The van der Waals surface area contributed by atoms with Gasteiger partial charge in [-0.2, -0.15) is 5.26 Å². The Labute approximate surface area is 145 Å². The number of ether oxygens (including phenoxy) is 1. The van der Waals surface area contributed by atoms with Gasteiger partial charge in [0.15, 0.2) is 6.61 Å². The number of nitrogens with zero attached hydrogens (tertiary/aromatic N) is 4. The van der Waals surface area contributed by atoms with Gasteiger partial charge in [-0.3, -0.25) is 4.79 Å². The molecule has 0 aromatic carbocycles. The number of carbonyl (C=O) groups excluding carboxylic acids is 1. The third-order valence-electron chi connectivity index (χ3n) is 4.37. The van der Waals surface area contributed by atoms with E-state index >= 15 is 0 Å². The number of likely N-dealkylation sites (N-methyl/N-ethyl adjacent to an activating group) is 1. The van der Waals surface area contributed by atoms with E-state index in [1.54, 1.807) is 18.4 Å². The van der Waals surface area contributed by atoms with Crippen molar-refractivity contribution in [2.45, 2.75) is 32.6 Å². The lowest BCUT2D eigenvalue weighted by Gasteiger charge is -2.18. The summed E-state index contributed by atoms with van der Waals surface area (Å²) < 4.78 is 5.71. The monoisotopic (exact) mass is 344 g/mol. The fraction of sp³-hybridized carbons (Fsp3) is 0.529. The zero-order chi connectivity index (χ0) is 17.1. The molecule has 0 unspecified atom stereocenters. The second-order valence-corrected chi connectivity index (χ2v) is 7.31. The molecular formula is C17H20N4O2S. The van der Waals surface area contributed by atoms with Gasteiger partial charge in [-0.05, 0) is 30.7 Å². The fourth-order valence-corrected chi connectivity index (χ4v) is 4.28. The number of fused-ring (bicyclic) bond motifs is 3. The van der Waals surface area contributed by atoms with Gasteiger partial charge in [-0.1, -0.05) is 6.92 Å². The van der Waals surface area contributed by atoms with Gasteiger partial charge in [0.25, 0.3) is 5.91 Å². The minimum absolute atomic E-state index is 0.0743. The zero-order valence-corrected chi connectivity index (χ0v) is 14.7. The highest BCUT2D eigenvalue weighted by atomic mass is 32.1. The standard InChI is InChI=1S/C17H20N4O2S/c1-11-4-5-12-13(8-11)24-17-15(12)16(19-10-20-17)23-9-14(22)21(2)7-3-6-18/h10-11H,3-5,7-9H2,1-2H3/t11-/m0/s1. The smallest absolute Gasteiger partial charge is 0.260 e. The second kappa shape index (κ2) is 7.14. The maximum absolute atomic E-state index is 12.1. The Bertz CT molecular complexity index is 796. The van der Waals surface area contributed by atoms with Crippen molar-refractivity contribution in [1.29, 1.82) is 5.26 Å². The first-order valence-electron chi connectivity index (χ1n) is 8.09. The molecule has 1 aliphatic carbocycles. The predicted octanol–water partition coefficient (Wildman–Crippen LogP) is 2.57. The number of aryl methyl sites for hydroxylation is 1. The lowest BCUT2D eigenvalue weighted by molar-refractivity contribution is -0.132. The molecule has 0 aliphatic heterocycles. The van der Waals surface area contributed by atoms with Crippen LogP contribution in [0.2, 0.25) is 0 Å². The molecule has 126 valence electrons. The molecule has 0 spiro atoms. The first-order valence-corrected chi connectivity index (χ1v) is 8.90. The molecule has 0 N–H and O–H groups in total. The molecule has 1 aliphatic rings. The Morgan fingerprint density at radius 2 is 2.38 bits per heavy atom. The van der Waals surface area contributed by atoms with E-state index in [4.69, 9.17) is 10.00 Å².